The smallest absolute Gasteiger partial charge is 0.408 e. The molecule has 0 saturated carbocycles. The van der Waals surface area contributed by atoms with Gasteiger partial charge in [0.15, 0.2) is 17.7 Å². The van der Waals surface area contributed by atoms with Crippen LogP contribution in [0.25, 0.3) is 0 Å². The SMILES string of the molecule is CC1(C)OCC([C@H]2OC(=O)N[C@H]2C2COC(C)(C)O2)O1. The van der Waals surface area contributed by atoms with Crippen LogP contribution >= 0.6 is 0 Å². The lowest BCUT2D eigenvalue weighted by Gasteiger charge is -2.26. The highest BCUT2D eigenvalue weighted by molar-refractivity contribution is 5.70. The standard InChI is InChI=1S/C13H21NO6/c1-12(2)16-5-7(19-12)9-10(18-11(15)14-9)8-6-17-13(3,4)20-8/h7-10H,5-6H2,1-4H3,(H,14,15)/t7?,8?,9-,10+/m0/s1. The van der Waals surface area contributed by atoms with Crippen molar-refractivity contribution in [1.82, 2.24) is 5.32 Å². The highest BCUT2D eigenvalue weighted by Crippen LogP contribution is 2.33. The van der Waals surface area contributed by atoms with Gasteiger partial charge in [0.1, 0.15) is 18.2 Å². The molecule has 1 amide bonds. The summed E-state index contributed by atoms with van der Waals surface area (Å²) in [5, 5.41) is 2.79. The number of rotatable bonds is 2. The van der Waals surface area contributed by atoms with Crippen LogP contribution in [-0.4, -0.2) is 55.2 Å². The summed E-state index contributed by atoms with van der Waals surface area (Å²) in [4.78, 5) is 11.6. The molecule has 0 radical (unpaired) electrons. The molecule has 0 aliphatic carbocycles. The molecule has 3 rings (SSSR count). The fourth-order valence-electron chi connectivity index (χ4n) is 2.83. The van der Waals surface area contributed by atoms with E-state index in [1.54, 1.807) is 0 Å². The van der Waals surface area contributed by atoms with Crippen molar-refractivity contribution in [3.05, 3.63) is 0 Å². The number of carbonyl (C=O) groups excluding carboxylic acids is 1. The maximum absolute atomic E-state index is 11.6. The Morgan fingerprint density at radius 1 is 1.00 bits per heavy atom. The number of hydrogen-bond donors (Lipinski definition) is 1. The molecule has 0 aromatic heterocycles. The van der Waals surface area contributed by atoms with E-state index < -0.39 is 23.8 Å². The van der Waals surface area contributed by atoms with Crippen molar-refractivity contribution < 1.29 is 28.5 Å². The molecule has 20 heavy (non-hydrogen) atoms. The number of hydrogen-bond acceptors (Lipinski definition) is 6. The second kappa shape index (κ2) is 4.56. The van der Waals surface area contributed by atoms with Gasteiger partial charge in [-0.25, -0.2) is 4.79 Å². The topological polar surface area (TPSA) is 75.3 Å². The van der Waals surface area contributed by atoms with E-state index in [9.17, 15) is 4.79 Å². The van der Waals surface area contributed by atoms with E-state index in [-0.39, 0.29) is 18.2 Å². The molecule has 3 fully saturated rings. The average molecular weight is 287 g/mol. The van der Waals surface area contributed by atoms with E-state index in [4.69, 9.17) is 23.7 Å². The van der Waals surface area contributed by atoms with Crippen LogP contribution in [-0.2, 0) is 23.7 Å². The molecule has 3 heterocycles. The summed E-state index contributed by atoms with van der Waals surface area (Å²) >= 11 is 0. The lowest BCUT2D eigenvalue weighted by molar-refractivity contribution is -0.159. The molecule has 7 heteroatoms. The Hall–Kier alpha value is -0.890. The molecule has 0 spiro atoms. The zero-order valence-electron chi connectivity index (χ0n) is 12.2. The molecule has 2 unspecified atom stereocenters. The lowest BCUT2D eigenvalue weighted by Crippen LogP contribution is -2.49. The summed E-state index contributed by atoms with van der Waals surface area (Å²) in [6.07, 6.45) is -1.46. The number of ether oxygens (including phenoxy) is 5. The van der Waals surface area contributed by atoms with Gasteiger partial charge in [0.05, 0.1) is 13.2 Å². The molecule has 4 atom stereocenters. The number of cyclic esters (lactones) is 1. The van der Waals surface area contributed by atoms with E-state index in [1.807, 2.05) is 27.7 Å². The van der Waals surface area contributed by atoms with Crippen molar-refractivity contribution >= 4 is 6.09 Å². The minimum Gasteiger partial charge on any atom is -0.441 e. The minimum atomic E-state index is -0.656. The summed E-state index contributed by atoms with van der Waals surface area (Å²) in [6.45, 7) is 8.17. The molecular formula is C13H21NO6. The van der Waals surface area contributed by atoms with Gasteiger partial charge in [-0.15, -0.1) is 0 Å². The lowest BCUT2D eigenvalue weighted by atomic mass is 10.0. The van der Waals surface area contributed by atoms with Crippen molar-refractivity contribution in [2.45, 2.75) is 63.6 Å². The van der Waals surface area contributed by atoms with Crippen molar-refractivity contribution in [2.24, 2.45) is 0 Å². The average Bonchev–Trinajstić information content (AvgIpc) is 2.96. The molecule has 7 nitrogen and oxygen atoms in total. The second-order valence-corrected chi connectivity index (χ2v) is 6.27. The predicted octanol–water partition coefficient (Wildman–Crippen LogP) is 0.766. The Bertz CT molecular complexity index is 374. The predicted molar refractivity (Wildman–Crippen MR) is 67.0 cm³/mol. The van der Waals surface area contributed by atoms with E-state index in [0.717, 1.165) is 0 Å². The Morgan fingerprint density at radius 3 is 2.05 bits per heavy atom. The third-order valence-electron chi connectivity index (χ3n) is 3.71. The Kier molecular flexibility index (Phi) is 3.20. The Balaban J connectivity index is 1.71. The maximum atomic E-state index is 11.6. The van der Waals surface area contributed by atoms with Crippen LogP contribution in [0, 0.1) is 0 Å². The summed E-state index contributed by atoms with van der Waals surface area (Å²) in [7, 11) is 0. The molecular weight excluding hydrogens is 266 g/mol. The zero-order valence-corrected chi connectivity index (χ0v) is 12.2. The summed E-state index contributed by atoms with van der Waals surface area (Å²) in [5.74, 6) is -1.30. The van der Waals surface area contributed by atoms with Crippen LogP contribution in [0.2, 0.25) is 0 Å². The van der Waals surface area contributed by atoms with Gasteiger partial charge in [-0.3, -0.25) is 0 Å². The fourth-order valence-corrected chi connectivity index (χ4v) is 2.83. The van der Waals surface area contributed by atoms with Gasteiger partial charge < -0.3 is 29.0 Å². The molecule has 0 aromatic carbocycles. The largest absolute Gasteiger partial charge is 0.441 e. The van der Waals surface area contributed by atoms with E-state index in [2.05, 4.69) is 5.32 Å². The van der Waals surface area contributed by atoms with Crippen LogP contribution in [0.15, 0.2) is 0 Å². The van der Waals surface area contributed by atoms with E-state index >= 15 is 0 Å². The van der Waals surface area contributed by atoms with Crippen molar-refractivity contribution in [3.63, 3.8) is 0 Å². The minimum absolute atomic E-state index is 0.256. The monoisotopic (exact) mass is 287 g/mol. The quantitative estimate of drug-likeness (QED) is 0.808. The molecule has 0 aromatic rings. The van der Waals surface area contributed by atoms with Gasteiger partial charge in [0, 0.05) is 0 Å². The number of alkyl carbamates (subject to hydrolysis) is 1. The molecule has 3 aliphatic heterocycles. The highest BCUT2D eigenvalue weighted by Gasteiger charge is 2.52. The van der Waals surface area contributed by atoms with Crippen molar-refractivity contribution in [1.29, 1.82) is 0 Å². The van der Waals surface area contributed by atoms with Crippen LogP contribution in [0.4, 0.5) is 4.79 Å². The second-order valence-electron chi connectivity index (χ2n) is 6.27. The maximum Gasteiger partial charge on any atom is 0.408 e. The Morgan fingerprint density at radius 2 is 1.55 bits per heavy atom. The first-order chi connectivity index (χ1) is 9.26. The number of carbonyl (C=O) groups is 1. The van der Waals surface area contributed by atoms with Crippen LogP contribution in [0.1, 0.15) is 27.7 Å². The first-order valence-corrected chi connectivity index (χ1v) is 6.86. The molecule has 3 saturated heterocycles. The van der Waals surface area contributed by atoms with Crippen molar-refractivity contribution in [3.8, 4) is 0 Å². The normalized spacial score (nSPS) is 42.5. The third kappa shape index (κ3) is 2.63. The van der Waals surface area contributed by atoms with E-state index in [1.165, 1.54) is 0 Å². The van der Waals surface area contributed by atoms with Gasteiger partial charge >= 0.3 is 6.09 Å². The van der Waals surface area contributed by atoms with Gasteiger partial charge in [0.25, 0.3) is 0 Å². The first-order valence-electron chi connectivity index (χ1n) is 6.86. The van der Waals surface area contributed by atoms with Crippen molar-refractivity contribution in [2.75, 3.05) is 13.2 Å². The summed E-state index contributed by atoms with van der Waals surface area (Å²) in [5.41, 5.74) is 0. The number of amides is 1. The third-order valence-corrected chi connectivity index (χ3v) is 3.71. The Labute approximate surface area is 117 Å². The fraction of sp³-hybridized carbons (Fsp3) is 0.923. The van der Waals surface area contributed by atoms with Gasteiger partial charge in [-0.05, 0) is 27.7 Å². The zero-order chi connectivity index (χ0) is 14.5. The van der Waals surface area contributed by atoms with Gasteiger partial charge in [-0.2, -0.15) is 0 Å². The van der Waals surface area contributed by atoms with Crippen LogP contribution in [0.5, 0.6) is 0 Å². The van der Waals surface area contributed by atoms with Gasteiger partial charge in [-0.1, -0.05) is 0 Å². The number of nitrogens with one attached hydrogen (secondary N) is 1. The molecule has 0 bridgehead atoms. The highest BCUT2D eigenvalue weighted by atomic mass is 16.8. The van der Waals surface area contributed by atoms with E-state index in [0.29, 0.717) is 13.2 Å². The van der Waals surface area contributed by atoms with Crippen LogP contribution < -0.4 is 5.32 Å². The molecule has 114 valence electrons. The first kappa shape index (κ1) is 14.1. The summed E-state index contributed by atoms with van der Waals surface area (Å²) < 4.78 is 28.0. The summed E-state index contributed by atoms with van der Waals surface area (Å²) in [6, 6.07) is -0.299. The molecule has 3 aliphatic rings. The van der Waals surface area contributed by atoms with Crippen LogP contribution in [0.3, 0.4) is 0 Å². The molecule has 1 N–H and O–H groups in total. The van der Waals surface area contributed by atoms with Gasteiger partial charge in [0.2, 0.25) is 0 Å².